The molecule has 2 aromatic rings. The van der Waals surface area contributed by atoms with Crippen LogP contribution in [0.25, 0.3) is 11.1 Å². The third kappa shape index (κ3) is 2.33. The highest BCUT2D eigenvalue weighted by molar-refractivity contribution is 6.02. The van der Waals surface area contributed by atoms with E-state index in [9.17, 15) is 9.59 Å². The van der Waals surface area contributed by atoms with Crippen LogP contribution < -0.4 is 10.6 Å². The summed E-state index contributed by atoms with van der Waals surface area (Å²) in [6.07, 6.45) is 1.54. The maximum absolute atomic E-state index is 11.8. The molecular formula is C14H14N4O3. The summed E-state index contributed by atoms with van der Waals surface area (Å²) in [6.45, 7) is 0.343. The molecule has 1 saturated heterocycles. The molecule has 1 aromatic carbocycles. The SMILES string of the molecule is CN1C(=O)CN(c2cccc(-c3cnoc3N)c2)CC1=O. The Hall–Kier alpha value is -2.83. The molecule has 7 heteroatoms. The van der Waals surface area contributed by atoms with Gasteiger partial charge in [0.2, 0.25) is 17.7 Å². The number of carbonyl (C=O) groups excluding carboxylic acids is 2. The second-order valence-electron chi connectivity index (χ2n) is 4.86. The van der Waals surface area contributed by atoms with Crippen molar-refractivity contribution in [2.75, 3.05) is 30.8 Å². The molecule has 0 aliphatic carbocycles. The Kier molecular flexibility index (Phi) is 3.09. The van der Waals surface area contributed by atoms with Crippen LogP contribution in [0.5, 0.6) is 0 Å². The molecule has 1 aromatic heterocycles. The molecule has 1 fully saturated rings. The summed E-state index contributed by atoms with van der Waals surface area (Å²) in [4.78, 5) is 26.4. The summed E-state index contributed by atoms with van der Waals surface area (Å²) in [7, 11) is 1.50. The van der Waals surface area contributed by atoms with Crippen molar-refractivity contribution in [3.8, 4) is 11.1 Å². The predicted molar refractivity (Wildman–Crippen MR) is 76.3 cm³/mol. The van der Waals surface area contributed by atoms with Gasteiger partial charge < -0.3 is 15.2 Å². The molecule has 0 unspecified atom stereocenters. The number of amides is 2. The van der Waals surface area contributed by atoms with E-state index in [0.29, 0.717) is 5.56 Å². The maximum atomic E-state index is 11.8. The molecule has 0 radical (unpaired) electrons. The Balaban J connectivity index is 1.92. The zero-order valence-electron chi connectivity index (χ0n) is 11.4. The minimum Gasteiger partial charge on any atom is -0.367 e. The van der Waals surface area contributed by atoms with Crippen LogP contribution in [0, 0.1) is 0 Å². The lowest BCUT2D eigenvalue weighted by Gasteiger charge is -2.32. The van der Waals surface area contributed by atoms with Crippen molar-refractivity contribution in [2.45, 2.75) is 0 Å². The van der Waals surface area contributed by atoms with Crippen LogP contribution in [0.2, 0.25) is 0 Å². The Labute approximate surface area is 120 Å². The van der Waals surface area contributed by atoms with E-state index in [-0.39, 0.29) is 30.8 Å². The number of benzene rings is 1. The zero-order valence-corrected chi connectivity index (χ0v) is 11.4. The van der Waals surface area contributed by atoms with E-state index in [2.05, 4.69) is 5.16 Å². The van der Waals surface area contributed by atoms with Crippen LogP contribution in [0.15, 0.2) is 35.0 Å². The van der Waals surface area contributed by atoms with Crippen LogP contribution in [0.3, 0.4) is 0 Å². The third-order valence-corrected chi connectivity index (χ3v) is 3.52. The number of likely N-dealkylation sites (N-methyl/N-ethyl adjacent to an activating group) is 1. The quantitative estimate of drug-likeness (QED) is 0.818. The van der Waals surface area contributed by atoms with Gasteiger partial charge in [0.15, 0.2) is 0 Å². The van der Waals surface area contributed by atoms with Gasteiger partial charge in [-0.15, -0.1) is 0 Å². The highest BCUT2D eigenvalue weighted by Crippen LogP contribution is 2.29. The summed E-state index contributed by atoms with van der Waals surface area (Å²) in [5, 5.41) is 3.65. The van der Waals surface area contributed by atoms with E-state index in [1.54, 1.807) is 4.90 Å². The Bertz CT molecular complexity index is 692. The fourth-order valence-corrected chi connectivity index (χ4v) is 2.25. The van der Waals surface area contributed by atoms with Gasteiger partial charge in [0.1, 0.15) is 0 Å². The van der Waals surface area contributed by atoms with Gasteiger partial charge in [-0.25, -0.2) is 0 Å². The molecule has 0 spiro atoms. The lowest BCUT2D eigenvalue weighted by molar-refractivity contribution is -0.143. The van der Waals surface area contributed by atoms with E-state index in [1.165, 1.54) is 13.2 Å². The monoisotopic (exact) mass is 286 g/mol. The maximum Gasteiger partial charge on any atom is 0.248 e. The molecule has 21 heavy (non-hydrogen) atoms. The number of hydrogen-bond acceptors (Lipinski definition) is 6. The van der Waals surface area contributed by atoms with Gasteiger partial charge in [0.05, 0.1) is 24.8 Å². The van der Waals surface area contributed by atoms with Gasteiger partial charge in [0, 0.05) is 12.7 Å². The number of hydrogen-bond donors (Lipinski definition) is 1. The van der Waals surface area contributed by atoms with Crippen LogP contribution >= 0.6 is 0 Å². The van der Waals surface area contributed by atoms with Crippen LogP contribution in [-0.4, -0.2) is 42.0 Å². The number of anilines is 2. The first-order valence-electron chi connectivity index (χ1n) is 6.41. The molecule has 2 amide bonds. The van der Waals surface area contributed by atoms with Crippen LogP contribution in [0.1, 0.15) is 0 Å². The smallest absolute Gasteiger partial charge is 0.248 e. The average Bonchev–Trinajstić information content (AvgIpc) is 2.90. The second kappa shape index (κ2) is 4.93. The van der Waals surface area contributed by atoms with E-state index in [0.717, 1.165) is 16.2 Å². The lowest BCUT2D eigenvalue weighted by Crippen LogP contribution is -2.52. The molecular weight excluding hydrogens is 272 g/mol. The number of piperazine rings is 1. The number of nitrogen functional groups attached to an aromatic ring is 1. The zero-order chi connectivity index (χ0) is 15.0. The van der Waals surface area contributed by atoms with Crippen LogP contribution in [-0.2, 0) is 9.59 Å². The first kappa shape index (κ1) is 13.2. The fraction of sp³-hybridized carbons (Fsp3) is 0.214. The van der Waals surface area contributed by atoms with Crippen molar-refractivity contribution in [3.63, 3.8) is 0 Å². The number of aromatic nitrogens is 1. The lowest BCUT2D eigenvalue weighted by atomic mass is 10.1. The topological polar surface area (TPSA) is 92.7 Å². The van der Waals surface area contributed by atoms with Gasteiger partial charge in [-0.1, -0.05) is 17.3 Å². The van der Waals surface area contributed by atoms with Crippen molar-refractivity contribution >= 4 is 23.4 Å². The normalized spacial score (nSPS) is 15.7. The Morgan fingerprint density at radius 1 is 1.24 bits per heavy atom. The summed E-state index contributed by atoms with van der Waals surface area (Å²) < 4.78 is 4.85. The van der Waals surface area contributed by atoms with Crippen molar-refractivity contribution in [1.29, 1.82) is 0 Å². The van der Waals surface area contributed by atoms with Crippen molar-refractivity contribution in [3.05, 3.63) is 30.5 Å². The van der Waals surface area contributed by atoms with Crippen molar-refractivity contribution in [1.82, 2.24) is 10.1 Å². The molecule has 0 atom stereocenters. The van der Waals surface area contributed by atoms with E-state index < -0.39 is 0 Å². The molecule has 0 saturated carbocycles. The van der Waals surface area contributed by atoms with Crippen molar-refractivity contribution < 1.29 is 14.1 Å². The highest BCUT2D eigenvalue weighted by Gasteiger charge is 2.28. The standard InChI is InChI=1S/C14H14N4O3/c1-17-12(19)7-18(8-13(17)20)10-4-2-3-9(5-10)11-6-16-21-14(11)15/h2-6H,7-8,15H2,1H3. The molecule has 1 aliphatic rings. The van der Waals surface area contributed by atoms with Gasteiger partial charge in [-0.2, -0.15) is 0 Å². The number of nitrogens with two attached hydrogens (primary N) is 1. The predicted octanol–water partition coefficient (Wildman–Crippen LogP) is 0.729. The molecule has 1 aliphatic heterocycles. The van der Waals surface area contributed by atoms with Gasteiger partial charge in [-0.05, 0) is 17.7 Å². The fourth-order valence-electron chi connectivity index (χ4n) is 2.25. The summed E-state index contributed by atoms with van der Waals surface area (Å²) in [5.74, 6) is -0.208. The molecule has 108 valence electrons. The molecule has 0 bridgehead atoms. The number of imide groups is 1. The summed E-state index contributed by atoms with van der Waals surface area (Å²) in [6, 6.07) is 7.41. The minimum atomic E-state index is -0.221. The van der Waals surface area contributed by atoms with Crippen LogP contribution in [0.4, 0.5) is 11.6 Å². The largest absolute Gasteiger partial charge is 0.367 e. The third-order valence-electron chi connectivity index (χ3n) is 3.52. The first-order valence-corrected chi connectivity index (χ1v) is 6.41. The number of nitrogens with zero attached hydrogens (tertiary/aromatic N) is 3. The first-order chi connectivity index (χ1) is 10.1. The molecule has 7 nitrogen and oxygen atoms in total. The van der Waals surface area contributed by atoms with E-state index in [1.807, 2.05) is 24.3 Å². The number of carbonyl (C=O) groups is 2. The molecule has 2 N–H and O–H groups in total. The molecule has 2 heterocycles. The number of rotatable bonds is 2. The second-order valence-corrected chi connectivity index (χ2v) is 4.86. The Morgan fingerprint density at radius 3 is 2.57 bits per heavy atom. The minimum absolute atomic E-state index is 0.171. The van der Waals surface area contributed by atoms with Gasteiger partial charge in [-0.3, -0.25) is 14.5 Å². The Morgan fingerprint density at radius 2 is 1.95 bits per heavy atom. The average molecular weight is 286 g/mol. The summed E-state index contributed by atoms with van der Waals surface area (Å²) in [5.41, 5.74) is 7.99. The summed E-state index contributed by atoms with van der Waals surface area (Å²) >= 11 is 0. The highest BCUT2D eigenvalue weighted by atomic mass is 16.5. The van der Waals surface area contributed by atoms with E-state index in [4.69, 9.17) is 10.3 Å². The van der Waals surface area contributed by atoms with Gasteiger partial charge >= 0.3 is 0 Å². The molecule has 3 rings (SSSR count). The van der Waals surface area contributed by atoms with Gasteiger partial charge in [0.25, 0.3) is 0 Å². The van der Waals surface area contributed by atoms with Crippen molar-refractivity contribution in [2.24, 2.45) is 0 Å². The van der Waals surface area contributed by atoms with E-state index >= 15 is 0 Å².